The monoisotopic (exact) mass is 286 g/mol. The molecule has 2 aromatic rings. The lowest BCUT2D eigenvalue weighted by Gasteiger charge is -2.14. The van der Waals surface area contributed by atoms with E-state index in [-0.39, 0.29) is 5.91 Å². The Bertz CT molecular complexity index is 666. The first-order chi connectivity index (χ1) is 9.99. The lowest BCUT2D eigenvalue weighted by atomic mass is 10.1. The predicted octanol–water partition coefficient (Wildman–Crippen LogP) is 2.78. The van der Waals surface area contributed by atoms with E-state index in [1.165, 1.54) is 29.2 Å². The molecular formula is C16H15FN2O2. The van der Waals surface area contributed by atoms with Gasteiger partial charge >= 0.3 is 0 Å². The van der Waals surface area contributed by atoms with Crippen LogP contribution in [0.25, 0.3) is 0 Å². The minimum absolute atomic E-state index is 0.204. The molecule has 0 radical (unpaired) electrons. The minimum Gasteiger partial charge on any atom is -0.345 e. The third-order valence-corrected chi connectivity index (χ3v) is 2.92. The van der Waals surface area contributed by atoms with Crippen molar-refractivity contribution in [2.45, 2.75) is 0 Å². The summed E-state index contributed by atoms with van der Waals surface area (Å²) in [5.41, 5.74) is 1.15. The molecule has 0 atom stereocenters. The first kappa shape index (κ1) is 14.7. The van der Waals surface area contributed by atoms with Crippen LogP contribution in [0.2, 0.25) is 0 Å². The fourth-order valence-corrected chi connectivity index (χ4v) is 1.82. The molecule has 0 aliphatic carbocycles. The van der Waals surface area contributed by atoms with Gasteiger partial charge in [0.1, 0.15) is 5.82 Å². The number of halogens is 1. The molecule has 0 aliphatic rings. The number of carbonyl (C=O) groups excluding carboxylic acids is 2. The van der Waals surface area contributed by atoms with E-state index in [1.807, 2.05) is 0 Å². The highest BCUT2D eigenvalue weighted by Gasteiger charge is 2.15. The normalized spacial score (nSPS) is 10.0. The van der Waals surface area contributed by atoms with Crippen LogP contribution in [0, 0.1) is 5.82 Å². The number of carbonyl (C=O) groups is 2. The Kier molecular flexibility index (Phi) is 4.33. The molecule has 108 valence electrons. The van der Waals surface area contributed by atoms with Crippen molar-refractivity contribution in [3.63, 3.8) is 0 Å². The lowest BCUT2D eigenvalue weighted by Crippen LogP contribution is -2.24. The van der Waals surface area contributed by atoms with E-state index in [0.717, 1.165) is 0 Å². The van der Waals surface area contributed by atoms with Crippen LogP contribution in [-0.2, 0) is 0 Å². The van der Waals surface area contributed by atoms with Crippen molar-refractivity contribution in [1.29, 1.82) is 0 Å². The maximum absolute atomic E-state index is 12.9. The van der Waals surface area contributed by atoms with Crippen LogP contribution in [0.4, 0.5) is 10.1 Å². The van der Waals surface area contributed by atoms with Gasteiger partial charge in [-0.05, 0) is 36.4 Å². The molecule has 0 spiro atoms. The van der Waals surface area contributed by atoms with Gasteiger partial charge in [0.25, 0.3) is 11.8 Å². The molecule has 5 heteroatoms. The number of rotatable bonds is 3. The summed E-state index contributed by atoms with van der Waals surface area (Å²) >= 11 is 0. The number of hydrogen-bond acceptors (Lipinski definition) is 2. The average Bonchev–Trinajstić information content (AvgIpc) is 2.47. The van der Waals surface area contributed by atoms with E-state index >= 15 is 0 Å². The number of hydrogen-bond donors (Lipinski definition) is 1. The van der Waals surface area contributed by atoms with Gasteiger partial charge < -0.3 is 10.2 Å². The zero-order valence-corrected chi connectivity index (χ0v) is 11.8. The number of anilines is 1. The van der Waals surface area contributed by atoms with Crippen LogP contribution >= 0.6 is 0 Å². The molecule has 2 aromatic carbocycles. The Morgan fingerprint density at radius 1 is 1.00 bits per heavy atom. The Hall–Kier alpha value is -2.69. The van der Waals surface area contributed by atoms with Gasteiger partial charge in [-0.3, -0.25) is 9.59 Å². The molecular weight excluding hydrogens is 271 g/mol. The molecule has 0 saturated carbocycles. The second-order valence-corrected chi connectivity index (χ2v) is 4.71. The van der Waals surface area contributed by atoms with Crippen molar-refractivity contribution in [2.24, 2.45) is 0 Å². The first-order valence-corrected chi connectivity index (χ1v) is 6.36. The molecule has 0 fully saturated rings. The van der Waals surface area contributed by atoms with Crippen LogP contribution in [0.3, 0.4) is 0 Å². The fraction of sp³-hybridized carbons (Fsp3) is 0.125. The molecule has 2 amide bonds. The van der Waals surface area contributed by atoms with Gasteiger partial charge in [-0.25, -0.2) is 4.39 Å². The summed E-state index contributed by atoms with van der Waals surface area (Å²) in [5, 5.41) is 2.67. The van der Waals surface area contributed by atoms with Crippen LogP contribution in [0.5, 0.6) is 0 Å². The van der Waals surface area contributed by atoms with Gasteiger partial charge in [0.15, 0.2) is 0 Å². The van der Waals surface area contributed by atoms with Crippen molar-refractivity contribution < 1.29 is 14.0 Å². The molecule has 0 unspecified atom stereocenters. The zero-order chi connectivity index (χ0) is 15.4. The third-order valence-electron chi connectivity index (χ3n) is 2.92. The average molecular weight is 286 g/mol. The molecule has 0 saturated heterocycles. The van der Waals surface area contributed by atoms with Crippen molar-refractivity contribution in [3.05, 3.63) is 65.5 Å². The number of amides is 2. The lowest BCUT2D eigenvalue weighted by molar-refractivity contribution is 0.0828. The number of benzene rings is 2. The van der Waals surface area contributed by atoms with Gasteiger partial charge in [0, 0.05) is 19.7 Å². The standard InChI is InChI=1S/C16H15FN2O2/c1-19(2)16(21)13-5-3-4-6-14(13)18-15(20)11-7-9-12(17)10-8-11/h3-10H,1-2H3,(H,18,20). The quantitative estimate of drug-likeness (QED) is 0.943. The highest BCUT2D eigenvalue weighted by molar-refractivity contribution is 6.08. The van der Waals surface area contributed by atoms with Crippen LogP contribution in [0.15, 0.2) is 48.5 Å². The topological polar surface area (TPSA) is 49.4 Å². The molecule has 4 nitrogen and oxygen atoms in total. The molecule has 0 bridgehead atoms. The van der Waals surface area contributed by atoms with E-state index < -0.39 is 11.7 Å². The van der Waals surface area contributed by atoms with Crippen molar-refractivity contribution >= 4 is 17.5 Å². The zero-order valence-electron chi connectivity index (χ0n) is 11.8. The minimum atomic E-state index is -0.408. The summed E-state index contributed by atoms with van der Waals surface area (Å²) in [7, 11) is 3.28. The van der Waals surface area contributed by atoms with Gasteiger partial charge in [-0.15, -0.1) is 0 Å². The third kappa shape index (κ3) is 3.45. The first-order valence-electron chi connectivity index (χ1n) is 6.36. The summed E-state index contributed by atoms with van der Waals surface area (Å²) in [5.74, 6) is -1.01. The van der Waals surface area contributed by atoms with E-state index in [4.69, 9.17) is 0 Å². The van der Waals surface area contributed by atoms with E-state index in [0.29, 0.717) is 16.8 Å². The largest absolute Gasteiger partial charge is 0.345 e. The van der Waals surface area contributed by atoms with Gasteiger partial charge in [-0.2, -0.15) is 0 Å². The SMILES string of the molecule is CN(C)C(=O)c1ccccc1NC(=O)c1ccc(F)cc1. The van der Waals surface area contributed by atoms with Gasteiger partial charge in [0.05, 0.1) is 11.3 Å². The molecule has 21 heavy (non-hydrogen) atoms. The fourth-order valence-electron chi connectivity index (χ4n) is 1.82. The Balaban J connectivity index is 2.25. The summed E-state index contributed by atoms with van der Waals surface area (Å²) in [4.78, 5) is 25.6. The Labute approximate surface area is 122 Å². The summed E-state index contributed by atoms with van der Waals surface area (Å²) in [6.07, 6.45) is 0. The maximum atomic E-state index is 12.9. The number of nitrogens with one attached hydrogen (secondary N) is 1. The maximum Gasteiger partial charge on any atom is 0.255 e. The van der Waals surface area contributed by atoms with Crippen molar-refractivity contribution in [2.75, 3.05) is 19.4 Å². The molecule has 0 aromatic heterocycles. The van der Waals surface area contributed by atoms with Crippen molar-refractivity contribution in [1.82, 2.24) is 4.90 Å². The van der Waals surface area contributed by atoms with Gasteiger partial charge in [-0.1, -0.05) is 12.1 Å². The Morgan fingerprint density at radius 3 is 2.24 bits per heavy atom. The predicted molar refractivity (Wildman–Crippen MR) is 78.8 cm³/mol. The van der Waals surface area contributed by atoms with E-state index in [9.17, 15) is 14.0 Å². The second kappa shape index (κ2) is 6.17. The van der Waals surface area contributed by atoms with Crippen LogP contribution < -0.4 is 5.32 Å². The molecule has 2 rings (SSSR count). The highest BCUT2D eigenvalue weighted by Crippen LogP contribution is 2.17. The van der Waals surface area contributed by atoms with Crippen LogP contribution in [-0.4, -0.2) is 30.8 Å². The Morgan fingerprint density at radius 2 is 1.62 bits per heavy atom. The smallest absolute Gasteiger partial charge is 0.255 e. The van der Waals surface area contributed by atoms with Gasteiger partial charge in [0.2, 0.25) is 0 Å². The highest BCUT2D eigenvalue weighted by atomic mass is 19.1. The second-order valence-electron chi connectivity index (χ2n) is 4.71. The molecule has 1 N–H and O–H groups in total. The summed E-state index contributed by atoms with van der Waals surface area (Å²) < 4.78 is 12.9. The number of para-hydroxylation sites is 1. The summed E-state index contributed by atoms with van der Waals surface area (Å²) in [6.45, 7) is 0. The molecule has 0 heterocycles. The van der Waals surface area contributed by atoms with E-state index in [1.54, 1.807) is 38.4 Å². The van der Waals surface area contributed by atoms with Crippen molar-refractivity contribution in [3.8, 4) is 0 Å². The molecule has 0 aliphatic heterocycles. The number of nitrogens with zero attached hydrogens (tertiary/aromatic N) is 1. The van der Waals surface area contributed by atoms with Crippen LogP contribution in [0.1, 0.15) is 20.7 Å². The van der Waals surface area contributed by atoms with E-state index in [2.05, 4.69) is 5.32 Å². The summed E-state index contributed by atoms with van der Waals surface area (Å²) in [6, 6.07) is 12.0.